The van der Waals surface area contributed by atoms with Crippen molar-refractivity contribution >= 4 is 5.91 Å². The van der Waals surface area contributed by atoms with E-state index in [-0.39, 0.29) is 12.5 Å². The zero-order valence-corrected chi connectivity index (χ0v) is 10.6. The molecule has 0 saturated carbocycles. The molecule has 1 aromatic carbocycles. The summed E-state index contributed by atoms with van der Waals surface area (Å²) in [6.45, 7) is 5.22. The molecule has 1 amide bonds. The van der Waals surface area contributed by atoms with Gasteiger partial charge < -0.3 is 10.0 Å². The monoisotopic (exact) mass is 235 g/mol. The number of carbonyl (C=O) groups is 1. The molecule has 0 aromatic heterocycles. The van der Waals surface area contributed by atoms with Crippen molar-refractivity contribution in [3.63, 3.8) is 0 Å². The smallest absolute Gasteiger partial charge is 0.253 e. The van der Waals surface area contributed by atoms with Crippen LogP contribution in [0.25, 0.3) is 0 Å². The Balaban J connectivity index is 2.77. The van der Waals surface area contributed by atoms with E-state index >= 15 is 0 Å². The van der Waals surface area contributed by atoms with Crippen LogP contribution in [0.2, 0.25) is 0 Å². The van der Waals surface area contributed by atoms with E-state index < -0.39 is 0 Å². The van der Waals surface area contributed by atoms with Crippen LogP contribution in [-0.2, 0) is 6.42 Å². The lowest BCUT2D eigenvalue weighted by atomic mass is 10.1. The fourth-order valence-electron chi connectivity index (χ4n) is 1.77. The zero-order chi connectivity index (χ0) is 12.7. The van der Waals surface area contributed by atoms with Gasteiger partial charge in [-0.1, -0.05) is 26.0 Å². The first-order valence-corrected chi connectivity index (χ1v) is 6.22. The SMILES string of the molecule is CCCN(CCO)C(=O)c1ccc(CC)cc1. The quantitative estimate of drug-likeness (QED) is 0.820. The molecule has 0 radical (unpaired) electrons. The minimum absolute atomic E-state index is 0.00329. The molecule has 0 unspecified atom stereocenters. The van der Waals surface area contributed by atoms with Crippen LogP contribution < -0.4 is 0 Å². The molecular weight excluding hydrogens is 214 g/mol. The van der Waals surface area contributed by atoms with E-state index in [1.807, 2.05) is 31.2 Å². The average Bonchev–Trinajstić information content (AvgIpc) is 2.38. The van der Waals surface area contributed by atoms with Crippen molar-refractivity contribution < 1.29 is 9.90 Å². The highest BCUT2D eigenvalue weighted by Gasteiger charge is 2.13. The molecule has 17 heavy (non-hydrogen) atoms. The van der Waals surface area contributed by atoms with Gasteiger partial charge in [-0.05, 0) is 30.5 Å². The van der Waals surface area contributed by atoms with Gasteiger partial charge in [0.25, 0.3) is 5.91 Å². The maximum absolute atomic E-state index is 12.1. The Morgan fingerprint density at radius 1 is 1.18 bits per heavy atom. The Morgan fingerprint density at radius 3 is 2.29 bits per heavy atom. The number of benzene rings is 1. The molecule has 1 N–H and O–H groups in total. The molecule has 1 rings (SSSR count). The predicted octanol–water partition coefficient (Wildman–Crippen LogP) is 2.09. The molecule has 0 spiro atoms. The van der Waals surface area contributed by atoms with E-state index in [2.05, 4.69) is 6.92 Å². The van der Waals surface area contributed by atoms with Crippen LogP contribution in [0.3, 0.4) is 0 Å². The van der Waals surface area contributed by atoms with Gasteiger partial charge in [-0.25, -0.2) is 0 Å². The molecule has 0 fully saturated rings. The maximum atomic E-state index is 12.1. The summed E-state index contributed by atoms with van der Waals surface area (Å²) in [7, 11) is 0. The second kappa shape index (κ2) is 7.07. The Bertz CT molecular complexity index is 340. The summed E-state index contributed by atoms with van der Waals surface area (Å²) < 4.78 is 0. The molecule has 0 aliphatic rings. The van der Waals surface area contributed by atoms with Crippen LogP contribution in [0, 0.1) is 0 Å². The molecule has 0 bridgehead atoms. The lowest BCUT2D eigenvalue weighted by molar-refractivity contribution is 0.0722. The van der Waals surface area contributed by atoms with Crippen LogP contribution in [0.4, 0.5) is 0 Å². The number of aryl methyl sites for hydroxylation is 1. The van der Waals surface area contributed by atoms with Crippen LogP contribution in [0.15, 0.2) is 24.3 Å². The van der Waals surface area contributed by atoms with Gasteiger partial charge in [-0.3, -0.25) is 4.79 Å². The zero-order valence-electron chi connectivity index (χ0n) is 10.6. The summed E-state index contributed by atoms with van der Waals surface area (Å²) in [4.78, 5) is 13.8. The number of aliphatic hydroxyl groups is 1. The Morgan fingerprint density at radius 2 is 1.82 bits per heavy atom. The highest BCUT2D eigenvalue weighted by atomic mass is 16.3. The maximum Gasteiger partial charge on any atom is 0.253 e. The number of hydrogen-bond acceptors (Lipinski definition) is 2. The molecular formula is C14H21NO2. The molecule has 94 valence electrons. The molecule has 0 aliphatic heterocycles. The predicted molar refractivity (Wildman–Crippen MR) is 69.1 cm³/mol. The minimum Gasteiger partial charge on any atom is -0.395 e. The number of nitrogens with zero attached hydrogens (tertiary/aromatic N) is 1. The van der Waals surface area contributed by atoms with E-state index in [9.17, 15) is 4.79 Å². The van der Waals surface area contributed by atoms with Gasteiger partial charge in [0.1, 0.15) is 0 Å². The largest absolute Gasteiger partial charge is 0.395 e. The first kappa shape index (κ1) is 13.7. The van der Waals surface area contributed by atoms with Gasteiger partial charge in [0.2, 0.25) is 0 Å². The lowest BCUT2D eigenvalue weighted by Crippen LogP contribution is -2.34. The third kappa shape index (κ3) is 3.86. The third-order valence-electron chi connectivity index (χ3n) is 2.76. The number of carbonyl (C=O) groups excluding carboxylic acids is 1. The molecule has 0 heterocycles. The molecule has 0 saturated heterocycles. The topological polar surface area (TPSA) is 40.5 Å². The Hall–Kier alpha value is -1.35. The van der Waals surface area contributed by atoms with Gasteiger partial charge in [-0.15, -0.1) is 0 Å². The first-order valence-electron chi connectivity index (χ1n) is 6.22. The van der Waals surface area contributed by atoms with E-state index in [0.29, 0.717) is 18.7 Å². The lowest BCUT2D eigenvalue weighted by Gasteiger charge is -2.21. The van der Waals surface area contributed by atoms with Crippen molar-refractivity contribution in [1.82, 2.24) is 4.90 Å². The highest BCUT2D eigenvalue weighted by Crippen LogP contribution is 2.08. The van der Waals surface area contributed by atoms with Gasteiger partial charge in [0.05, 0.1) is 6.61 Å². The molecule has 3 heteroatoms. The van der Waals surface area contributed by atoms with Crippen molar-refractivity contribution in [3.05, 3.63) is 35.4 Å². The summed E-state index contributed by atoms with van der Waals surface area (Å²) in [6, 6.07) is 7.69. The highest BCUT2D eigenvalue weighted by molar-refractivity contribution is 5.94. The van der Waals surface area contributed by atoms with Crippen molar-refractivity contribution in [2.75, 3.05) is 19.7 Å². The van der Waals surface area contributed by atoms with Crippen molar-refractivity contribution in [2.24, 2.45) is 0 Å². The molecule has 0 atom stereocenters. The van der Waals surface area contributed by atoms with Gasteiger partial charge in [0.15, 0.2) is 0 Å². The minimum atomic E-state index is 0.00329. The van der Waals surface area contributed by atoms with Crippen LogP contribution in [0.5, 0.6) is 0 Å². The summed E-state index contributed by atoms with van der Waals surface area (Å²) in [5.74, 6) is 0.00329. The Kier molecular flexibility index (Phi) is 5.70. The van der Waals surface area contributed by atoms with Crippen molar-refractivity contribution in [1.29, 1.82) is 0 Å². The fourth-order valence-corrected chi connectivity index (χ4v) is 1.77. The van der Waals surface area contributed by atoms with Crippen LogP contribution >= 0.6 is 0 Å². The van der Waals surface area contributed by atoms with Crippen molar-refractivity contribution in [3.8, 4) is 0 Å². The first-order chi connectivity index (χ1) is 8.22. The van der Waals surface area contributed by atoms with E-state index in [0.717, 1.165) is 12.8 Å². The molecule has 3 nitrogen and oxygen atoms in total. The van der Waals surface area contributed by atoms with Crippen LogP contribution in [0.1, 0.15) is 36.2 Å². The average molecular weight is 235 g/mol. The summed E-state index contributed by atoms with van der Waals surface area (Å²) in [5, 5.41) is 8.95. The number of aliphatic hydroxyl groups excluding tert-OH is 1. The van der Waals surface area contributed by atoms with Crippen LogP contribution in [-0.4, -0.2) is 35.6 Å². The number of rotatable bonds is 6. The van der Waals surface area contributed by atoms with Gasteiger partial charge >= 0.3 is 0 Å². The van der Waals surface area contributed by atoms with Gasteiger partial charge in [-0.2, -0.15) is 0 Å². The fraction of sp³-hybridized carbons (Fsp3) is 0.500. The van der Waals surface area contributed by atoms with E-state index in [4.69, 9.17) is 5.11 Å². The van der Waals surface area contributed by atoms with Gasteiger partial charge in [0, 0.05) is 18.7 Å². The second-order valence-electron chi connectivity index (χ2n) is 4.07. The number of amides is 1. The second-order valence-corrected chi connectivity index (χ2v) is 4.07. The summed E-state index contributed by atoms with van der Waals surface area (Å²) in [6.07, 6.45) is 1.88. The summed E-state index contributed by atoms with van der Waals surface area (Å²) in [5.41, 5.74) is 1.93. The number of hydrogen-bond donors (Lipinski definition) is 1. The third-order valence-corrected chi connectivity index (χ3v) is 2.76. The van der Waals surface area contributed by atoms with E-state index in [1.54, 1.807) is 4.90 Å². The summed E-state index contributed by atoms with van der Waals surface area (Å²) >= 11 is 0. The molecule has 1 aromatic rings. The Labute approximate surface area is 103 Å². The van der Waals surface area contributed by atoms with E-state index in [1.165, 1.54) is 5.56 Å². The normalized spacial score (nSPS) is 10.3. The van der Waals surface area contributed by atoms with Crippen molar-refractivity contribution in [2.45, 2.75) is 26.7 Å². The standard InChI is InChI=1S/C14H21NO2/c1-3-9-15(10-11-16)14(17)13-7-5-12(4-2)6-8-13/h5-8,16H,3-4,9-11H2,1-2H3. The molecule has 0 aliphatic carbocycles.